The molecular weight excluding hydrogens is 352 g/mol. The van der Waals surface area contributed by atoms with Crippen molar-refractivity contribution < 1.29 is 14.6 Å². The van der Waals surface area contributed by atoms with Crippen LogP contribution >= 0.6 is 0 Å². The van der Waals surface area contributed by atoms with Crippen molar-refractivity contribution in [2.24, 2.45) is 18.9 Å². The number of imidazole rings is 1. The number of nitrogens with zero attached hydrogens (tertiary/aromatic N) is 2. The van der Waals surface area contributed by atoms with Crippen LogP contribution in [0.4, 0.5) is 0 Å². The van der Waals surface area contributed by atoms with E-state index in [0.29, 0.717) is 6.61 Å². The van der Waals surface area contributed by atoms with Gasteiger partial charge in [-0.1, -0.05) is 43.7 Å². The van der Waals surface area contributed by atoms with Gasteiger partial charge in [0.15, 0.2) is 0 Å². The van der Waals surface area contributed by atoms with Crippen LogP contribution in [0.2, 0.25) is 0 Å². The van der Waals surface area contributed by atoms with Crippen molar-refractivity contribution in [3.05, 3.63) is 65.8 Å². The minimum absolute atomic E-state index is 0.0401. The van der Waals surface area contributed by atoms with Gasteiger partial charge in [0.05, 0.1) is 38.0 Å². The zero-order valence-corrected chi connectivity index (χ0v) is 17.5. The van der Waals surface area contributed by atoms with Crippen LogP contribution in [-0.2, 0) is 18.4 Å². The summed E-state index contributed by atoms with van der Waals surface area (Å²) in [6.07, 6.45) is 9.87. The summed E-state index contributed by atoms with van der Waals surface area (Å²) in [7, 11) is 3.63. The maximum absolute atomic E-state index is 9.67. The molecule has 0 aliphatic heterocycles. The van der Waals surface area contributed by atoms with Gasteiger partial charge in [0.25, 0.3) is 0 Å². The third kappa shape index (κ3) is 6.36. The highest BCUT2D eigenvalue weighted by Gasteiger charge is 2.23. The van der Waals surface area contributed by atoms with E-state index in [0.717, 1.165) is 22.6 Å². The predicted octanol–water partition coefficient (Wildman–Crippen LogP) is 4.24. The zero-order valence-electron chi connectivity index (χ0n) is 17.5. The van der Waals surface area contributed by atoms with E-state index in [1.54, 1.807) is 13.4 Å². The molecule has 0 amide bonds. The lowest BCUT2D eigenvalue weighted by Crippen LogP contribution is -2.30. The van der Waals surface area contributed by atoms with Crippen LogP contribution in [0.3, 0.4) is 0 Å². The molecule has 1 N–H and O–H groups in total. The summed E-state index contributed by atoms with van der Waals surface area (Å²) in [6.45, 7) is 6.82. The molecule has 0 bridgehead atoms. The Morgan fingerprint density at radius 3 is 2.54 bits per heavy atom. The molecule has 1 aromatic carbocycles. The van der Waals surface area contributed by atoms with E-state index in [-0.39, 0.29) is 24.5 Å². The largest absolute Gasteiger partial charge is 0.497 e. The summed E-state index contributed by atoms with van der Waals surface area (Å²) in [5, 5.41) is 9.67. The number of ether oxygens (including phenoxy) is 2. The zero-order chi connectivity index (χ0) is 20.5. The summed E-state index contributed by atoms with van der Waals surface area (Å²) < 4.78 is 13.4. The fraction of sp³-hybridized carbons (Fsp3) is 0.435. The molecule has 0 unspecified atom stereocenters. The van der Waals surface area contributed by atoms with Crippen LogP contribution in [0, 0.1) is 11.8 Å². The molecule has 0 saturated heterocycles. The van der Waals surface area contributed by atoms with Gasteiger partial charge in [0, 0.05) is 25.5 Å². The molecule has 0 radical (unpaired) electrons. The van der Waals surface area contributed by atoms with Crippen molar-refractivity contribution in [3.8, 4) is 5.75 Å². The quantitative estimate of drug-likeness (QED) is 0.623. The van der Waals surface area contributed by atoms with Crippen molar-refractivity contribution in [2.75, 3.05) is 13.7 Å². The van der Waals surface area contributed by atoms with E-state index in [9.17, 15) is 5.11 Å². The normalized spacial score (nSPS) is 15.6. The van der Waals surface area contributed by atoms with Crippen LogP contribution in [-0.4, -0.2) is 34.5 Å². The van der Waals surface area contributed by atoms with Gasteiger partial charge >= 0.3 is 0 Å². The molecule has 3 atom stereocenters. The Morgan fingerprint density at radius 1 is 1.25 bits per heavy atom. The number of hydrogen-bond acceptors (Lipinski definition) is 4. The molecule has 0 aliphatic carbocycles. The number of aryl methyl sites for hydroxylation is 1. The molecule has 2 rings (SSSR count). The van der Waals surface area contributed by atoms with Crippen molar-refractivity contribution in [2.45, 2.75) is 33.5 Å². The number of rotatable bonds is 10. The van der Waals surface area contributed by atoms with Crippen LogP contribution in [0.1, 0.15) is 32.0 Å². The Hall–Kier alpha value is -2.37. The Labute approximate surface area is 168 Å². The topological polar surface area (TPSA) is 56.5 Å². The molecule has 1 heterocycles. The summed E-state index contributed by atoms with van der Waals surface area (Å²) in [5.74, 6) is 1.03. The molecule has 152 valence electrons. The van der Waals surface area contributed by atoms with Crippen LogP contribution in [0.5, 0.6) is 5.75 Å². The molecule has 28 heavy (non-hydrogen) atoms. The Kier molecular flexibility index (Phi) is 8.48. The van der Waals surface area contributed by atoms with Crippen molar-refractivity contribution in [3.63, 3.8) is 0 Å². The van der Waals surface area contributed by atoms with Gasteiger partial charge < -0.3 is 19.1 Å². The number of aliphatic hydroxyl groups is 1. The molecule has 2 aromatic rings. The van der Waals surface area contributed by atoms with Crippen molar-refractivity contribution in [1.29, 1.82) is 0 Å². The number of benzene rings is 1. The first-order valence-corrected chi connectivity index (χ1v) is 9.62. The molecule has 5 heteroatoms. The smallest absolute Gasteiger partial charge is 0.118 e. The fourth-order valence-electron chi connectivity index (χ4n) is 3.16. The molecule has 0 fully saturated rings. The minimum atomic E-state index is -0.0767. The number of hydrogen-bond donors (Lipinski definition) is 1. The standard InChI is InChI=1S/C23H32N2O3/c1-17(6-9-21-13-24-16-25(21)4)12-18(2)23(19(3)14-26)28-15-20-7-10-22(27-5)11-8-20/h6-13,16,18-19,23,26H,14-15H2,1-5H3/b9-6+,17-12+/t18-,19+,23+/m1/s1. The molecule has 0 saturated carbocycles. The van der Waals surface area contributed by atoms with Gasteiger partial charge in [0.2, 0.25) is 0 Å². The van der Waals surface area contributed by atoms with E-state index in [1.165, 1.54) is 0 Å². The monoisotopic (exact) mass is 384 g/mol. The summed E-state index contributed by atoms with van der Waals surface area (Å²) in [5.41, 5.74) is 3.29. The molecule has 5 nitrogen and oxygen atoms in total. The van der Waals surface area contributed by atoms with E-state index in [1.807, 2.05) is 55.1 Å². The van der Waals surface area contributed by atoms with Crippen molar-refractivity contribution in [1.82, 2.24) is 9.55 Å². The van der Waals surface area contributed by atoms with Gasteiger partial charge in [-0.3, -0.25) is 0 Å². The Bertz CT molecular complexity index is 777. The number of aromatic nitrogens is 2. The second-order valence-corrected chi connectivity index (χ2v) is 7.32. The maximum atomic E-state index is 9.67. The van der Waals surface area contributed by atoms with Crippen LogP contribution in [0.15, 0.2) is 54.5 Å². The first-order chi connectivity index (χ1) is 13.4. The average molecular weight is 385 g/mol. The second-order valence-electron chi connectivity index (χ2n) is 7.32. The minimum Gasteiger partial charge on any atom is -0.497 e. The van der Waals surface area contributed by atoms with Gasteiger partial charge in [-0.2, -0.15) is 0 Å². The predicted molar refractivity (Wildman–Crippen MR) is 113 cm³/mol. The average Bonchev–Trinajstić information content (AvgIpc) is 3.11. The fourth-order valence-corrected chi connectivity index (χ4v) is 3.16. The molecule has 0 spiro atoms. The Morgan fingerprint density at radius 2 is 1.96 bits per heavy atom. The first kappa shape index (κ1) is 21.9. The first-order valence-electron chi connectivity index (χ1n) is 9.62. The van der Waals surface area contributed by atoms with Gasteiger partial charge in [-0.25, -0.2) is 4.98 Å². The van der Waals surface area contributed by atoms with E-state index in [4.69, 9.17) is 9.47 Å². The Balaban J connectivity index is 2.03. The lowest BCUT2D eigenvalue weighted by Gasteiger charge is -2.27. The number of allylic oxidation sites excluding steroid dienone is 2. The molecule has 1 aromatic heterocycles. The number of aliphatic hydroxyl groups excluding tert-OH is 1. The number of methoxy groups -OCH3 is 1. The van der Waals surface area contributed by atoms with Gasteiger partial charge in [-0.05, 0) is 30.7 Å². The highest BCUT2D eigenvalue weighted by atomic mass is 16.5. The molecule has 0 aliphatic rings. The highest BCUT2D eigenvalue weighted by molar-refractivity contribution is 5.48. The van der Waals surface area contributed by atoms with E-state index in [2.05, 4.69) is 31.0 Å². The lowest BCUT2D eigenvalue weighted by atomic mass is 9.92. The van der Waals surface area contributed by atoms with Gasteiger partial charge in [-0.15, -0.1) is 0 Å². The van der Waals surface area contributed by atoms with Gasteiger partial charge in [0.1, 0.15) is 5.75 Å². The van der Waals surface area contributed by atoms with E-state index >= 15 is 0 Å². The van der Waals surface area contributed by atoms with Crippen LogP contribution < -0.4 is 4.74 Å². The highest BCUT2D eigenvalue weighted by Crippen LogP contribution is 2.22. The second kappa shape index (κ2) is 10.8. The maximum Gasteiger partial charge on any atom is 0.118 e. The van der Waals surface area contributed by atoms with Crippen molar-refractivity contribution >= 4 is 6.08 Å². The summed E-state index contributed by atoms with van der Waals surface area (Å²) in [4.78, 5) is 4.12. The SMILES string of the molecule is COc1ccc(CO[C@@H]([C@H](C)/C=C(C)/C=C/c2cncn2C)[C@@H](C)CO)cc1. The van der Waals surface area contributed by atoms with Crippen LogP contribution in [0.25, 0.3) is 6.08 Å². The third-order valence-corrected chi connectivity index (χ3v) is 4.87. The van der Waals surface area contributed by atoms with E-state index < -0.39 is 0 Å². The lowest BCUT2D eigenvalue weighted by molar-refractivity contribution is -0.0309. The summed E-state index contributed by atoms with van der Waals surface area (Å²) >= 11 is 0. The third-order valence-electron chi connectivity index (χ3n) is 4.87. The molecular formula is C23H32N2O3. The summed E-state index contributed by atoms with van der Waals surface area (Å²) in [6, 6.07) is 7.86.